The van der Waals surface area contributed by atoms with Crippen molar-refractivity contribution in [2.75, 3.05) is 5.32 Å². The number of hydrogen-bond donors (Lipinski definition) is 1. The fourth-order valence-electron chi connectivity index (χ4n) is 1.49. The number of nitrogens with one attached hydrogen (secondary N) is 1. The molecule has 1 N–H and O–H groups in total. The first-order valence-electron chi connectivity index (χ1n) is 5.48. The molecular weight excluding hydrogens is 214 g/mol. The van der Waals surface area contributed by atoms with Crippen molar-refractivity contribution in [3.63, 3.8) is 0 Å². The lowest BCUT2D eigenvalue weighted by atomic mass is 10.3. The highest BCUT2D eigenvalue weighted by Crippen LogP contribution is 2.13. The average molecular weight is 227 g/mol. The first-order chi connectivity index (χ1) is 8.31. The summed E-state index contributed by atoms with van der Waals surface area (Å²) in [5.74, 6) is 0.653. The van der Waals surface area contributed by atoms with Gasteiger partial charge in [-0.25, -0.2) is 4.98 Å². The van der Waals surface area contributed by atoms with Gasteiger partial charge in [0.15, 0.2) is 0 Å². The maximum Gasteiger partial charge on any atom is 0.142 e. The van der Waals surface area contributed by atoms with Gasteiger partial charge in [-0.3, -0.25) is 4.68 Å². The molecule has 0 fully saturated rings. The van der Waals surface area contributed by atoms with Crippen molar-refractivity contribution in [3.05, 3.63) is 36.3 Å². The first kappa shape index (κ1) is 11.1. The quantitative estimate of drug-likeness (QED) is 0.870. The van der Waals surface area contributed by atoms with Crippen LogP contribution >= 0.6 is 0 Å². The van der Waals surface area contributed by atoms with Crippen molar-refractivity contribution >= 4 is 11.5 Å². The summed E-state index contributed by atoms with van der Waals surface area (Å²) >= 11 is 0. The van der Waals surface area contributed by atoms with Crippen LogP contribution in [0.5, 0.6) is 0 Å². The normalized spacial score (nSPS) is 9.88. The third-order valence-corrected chi connectivity index (χ3v) is 2.22. The monoisotopic (exact) mass is 227 g/mol. The van der Waals surface area contributed by atoms with Gasteiger partial charge in [-0.05, 0) is 18.6 Å². The van der Waals surface area contributed by atoms with E-state index >= 15 is 0 Å². The van der Waals surface area contributed by atoms with Gasteiger partial charge in [0.05, 0.1) is 11.9 Å². The molecule has 5 nitrogen and oxygen atoms in total. The zero-order valence-electron chi connectivity index (χ0n) is 9.59. The molecule has 5 heteroatoms. The standard InChI is InChI=1S/C12H13N5/c1-2-6-17-9-11(8-14-17)16-12-5-3-4-10(7-13)15-12/h3-5,8-9H,2,6H2,1H3,(H,15,16). The Kier molecular flexibility index (Phi) is 3.36. The van der Waals surface area contributed by atoms with Gasteiger partial charge in [-0.15, -0.1) is 0 Å². The number of pyridine rings is 1. The zero-order chi connectivity index (χ0) is 12.1. The molecule has 17 heavy (non-hydrogen) atoms. The minimum Gasteiger partial charge on any atom is -0.338 e. The average Bonchev–Trinajstić information content (AvgIpc) is 2.77. The SMILES string of the molecule is CCCn1cc(Nc2cccc(C#N)n2)cn1. The summed E-state index contributed by atoms with van der Waals surface area (Å²) in [4.78, 5) is 4.13. The fourth-order valence-corrected chi connectivity index (χ4v) is 1.49. The zero-order valence-corrected chi connectivity index (χ0v) is 9.59. The van der Waals surface area contributed by atoms with E-state index in [0.717, 1.165) is 18.7 Å². The van der Waals surface area contributed by atoms with E-state index in [0.29, 0.717) is 11.5 Å². The predicted octanol–water partition coefficient (Wildman–Crippen LogP) is 2.30. The number of rotatable bonds is 4. The van der Waals surface area contributed by atoms with E-state index in [1.54, 1.807) is 18.3 Å². The molecule has 2 aromatic heterocycles. The summed E-state index contributed by atoms with van der Waals surface area (Å²) in [6.07, 6.45) is 4.71. The van der Waals surface area contributed by atoms with Crippen LogP contribution in [0.15, 0.2) is 30.6 Å². The smallest absolute Gasteiger partial charge is 0.142 e. The van der Waals surface area contributed by atoms with Crippen LogP contribution < -0.4 is 5.32 Å². The summed E-state index contributed by atoms with van der Waals surface area (Å²) < 4.78 is 1.87. The number of anilines is 2. The summed E-state index contributed by atoms with van der Waals surface area (Å²) in [5, 5.41) is 16.1. The molecular formula is C12H13N5. The van der Waals surface area contributed by atoms with Crippen LogP contribution in [0.1, 0.15) is 19.0 Å². The van der Waals surface area contributed by atoms with E-state index in [1.807, 2.05) is 23.0 Å². The van der Waals surface area contributed by atoms with Crippen LogP contribution in [0.2, 0.25) is 0 Å². The number of nitriles is 1. The van der Waals surface area contributed by atoms with E-state index in [2.05, 4.69) is 22.3 Å². The molecule has 0 saturated carbocycles. The van der Waals surface area contributed by atoms with E-state index in [9.17, 15) is 0 Å². The van der Waals surface area contributed by atoms with Crippen LogP contribution in [-0.4, -0.2) is 14.8 Å². The van der Waals surface area contributed by atoms with E-state index in [4.69, 9.17) is 5.26 Å². The second kappa shape index (κ2) is 5.12. The van der Waals surface area contributed by atoms with Crippen molar-refractivity contribution in [2.24, 2.45) is 0 Å². The van der Waals surface area contributed by atoms with Crippen LogP contribution in [0, 0.1) is 11.3 Å². The number of hydrogen-bond acceptors (Lipinski definition) is 4. The minimum atomic E-state index is 0.399. The molecule has 2 aromatic rings. The van der Waals surface area contributed by atoms with Crippen LogP contribution in [-0.2, 0) is 6.54 Å². The molecule has 0 aliphatic rings. The lowest BCUT2D eigenvalue weighted by Gasteiger charge is -2.01. The Morgan fingerprint density at radius 1 is 1.47 bits per heavy atom. The Hall–Kier alpha value is -2.35. The minimum absolute atomic E-state index is 0.399. The van der Waals surface area contributed by atoms with Gasteiger partial charge in [-0.1, -0.05) is 13.0 Å². The highest BCUT2D eigenvalue weighted by atomic mass is 15.3. The topological polar surface area (TPSA) is 66.5 Å². The van der Waals surface area contributed by atoms with Gasteiger partial charge in [0.1, 0.15) is 17.6 Å². The summed E-state index contributed by atoms with van der Waals surface area (Å²) in [6, 6.07) is 7.29. The number of aromatic nitrogens is 3. The Labute approximate surface area is 99.7 Å². The summed E-state index contributed by atoms with van der Waals surface area (Å²) in [6.45, 7) is 3.00. The molecule has 0 aromatic carbocycles. The lowest BCUT2D eigenvalue weighted by Crippen LogP contribution is -1.96. The molecule has 86 valence electrons. The fraction of sp³-hybridized carbons (Fsp3) is 0.250. The Bertz CT molecular complexity index is 538. The lowest BCUT2D eigenvalue weighted by molar-refractivity contribution is 0.603. The molecule has 0 atom stereocenters. The van der Waals surface area contributed by atoms with Crippen molar-refractivity contribution in [3.8, 4) is 6.07 Å². The highest BCUT2D eigenvalue weighted by Gasteiger charge is 2.00. The van der Waals surface area contributed by atoms with Crippen LogP contribution in [0.4, 0.5) is 11.5 Å². The molecule has 0 spiro atoms. The molecule has 0 aliphatic heterocycles. The van der Waals surface area contributed by atoms with Crippen LogP contribution in [0.3, 0.4) is 0 Å². The Morgan fingerprint density at radius 2 is 2.35 bits per heavy atom. The molecule has 2 rings (SSSR count). The molecule has 0 saturated heterocycles. The molecule has 0 amide bonds. The summed E-state index contributed by atoms with van der Waals surface area (Å²) in [5.41, 5.74) is 1.27. The summed E-state index contributed by atoms with van der Waals surface area (Å²) in [7, 11) is 0. The number of nitrogens with zero attached hydrogens (tertiary/aromatic N) is 4. The van der Waals surface area contributed by atoms with Crippen molar-refractivity contribution in [1.29, 1.82) is 5.26 Å². The molecule has 0 aliphatic carbocycles. The molecule has 0 radical (unpaired) electrons. The second-order valence-electron chi connectivity index (χ2n) is 3.64. The van der Waals surface area contributed by atoms with Gasteiger partial charge < -0.3 is 5.32 Å². The Balaban J connectivity index is 2.11. The van der Waals surface area contributed by atoms with E-state index < -0.39 is 0 Å². The van der Waals surface area contributed by atoms with Gasteiger partial charge in [-0.2, -0.15) is 10.4 Å². The third-order valence-electron chi connectivity index (χ3n) is 2.22. The van der Waals surface area contributed by atoms with E-state index in [1.165, 1.54) is 0 Å². The largest absolute Gasteiger partial charge is 0.338 e. The molecule has 2 heterocycles. The van der Waals surface area contributed by atoms with Gasteiger partial charge in [0.25, 0.3) is 0 Å². The van der Waals surface area contributed by atoms with Gasteiger partial charge in [0, 0.05) is 12.7 Å². The van der Waals surface area contributed by atoms with Gasteiger partial charge in [0.2, 0.25) is 0 Å². The Morgan fingerprint density at radius 3 is 3.12 bits per heavy atom. The third kappa shape index (κ3) is 2.82. The number of aryl methyl sites for hydroxylation is 1. The van der Waals surface area contributed by atoms with E-state index in [-0.39, 0.29) is 0 Å². The highest BCUT2D eigenvalue weighted by molar-refractivity contribution is 5.54. The maximum absolute atomic E-state index is 8.75. The second-order valence-corrected chi connectivity index (χ2v) is 3.64. The predicted molar refractivity (Wildman–Crippen MR) is 64.8 cm³/mol. The molecule has 0 bridgehead atoms. The van der Waals surface area contributed by atoms with Crippen molar-refractivity contribution in [1.82, 2.24) is 14.8 Å². The van der Waals surface area contributed by atoms with Crippen molar-refractivity contribution in [2.45, 2.75) is 19.9 Å². The van der Waals surface area contributed by atoms with Gasteiger partial charge >= 0.3 is 0 Å². The van der Waals surface area contributed by atoms with Crippen molar-refractivity contribution < 1.29 is 0 Å². The molecule has 0 unspecified atom stereocenters. The maximum atomic E-state index is 8.75. The first-order valence-corrected chi connectivity index (χ1v) is 5.48. The van der Waals surface area contributed by atoms with Crippen LogP contribution in [0.25, 0.3) is 0 Å².